The van der Waals surface area contributed by atoms with Crippen LogP contribution in [0.25, 0.3) is 0 Å². The second-order valence-electron chi connectivity index (χ2n) is 2.92. The Morgan fingerprint density at radius 1 is 1.21 bits per heavy atom. The standard InChI is InChI=1S/C10H8O3Se/c11-9-6-8(10(12)13-9)14-7-4-2-1-3-5-7/h1-5,8H,6H2. The molecule has 72 valence electrons. The summed E-state index contributed by atoms with van der Waals surface area (Å²) >= 11 is 0.00447. The van der Waals surface area contributed by atoms with Gasteiger partial charge in [-0.1, -0.05) is 0 Å². The van der Waals surface area contributed by atoms with Crippen LogP contribution >= 0.6 is 0 Å². The normalized spacial score (nSPS) is 21.0. The topological polar surface area (TPSA) is 43.4 Å². The predicted octanol–water partition coefficient (Wildman–Crippen LogP) is 0.278. The molecule has 0 radical (unpaired) electrons. The van der Waals surface area contributed by atoms with Gasteiger partial charge in [-0.25, -0.2) is 0 Å². The molecule has 1 aliphatic heterocycles. The summed E-state index contributed by atoms with van der Waals surface area (Å²) in [6, 6.07) is 9.72. The molecule has 1 saturated heterocycles. The molecule has 0 aliphatic carbocycles. The van der Waals surface area contributed by atoms with E-state index in [4.69, 9.17) is 0 Å². The van der Waals surface area contributed by atoms with Gasteiger partial charge in [-0.05, 0) is 0 Å². The van der Waals surface area contributed by atoms with E-state index in [1.54, 1.807) is 0 Å². The molecule has 1 aliphatic rings. The van der Waals surface area contributed by atoms with Gasteiger partial charge in [0.25, 0.3) is 0 Å². The third-order valence-corrected chi connectivity index (χ3v) is 4.34. The maximum absolute atomic E-state index is 11.2. The Morgan fingerprint density at radius 2 is 1.93 bits per heavy atom. The van der Waals surface area contributed by atoms with Crippen LogP contribution in [0.3, 0.4) is 0 Å². The zero-order chi connectivity index (χ0) is 9.97. The fourth-order valence-electron chi connectivity index (χ4n) is 1.21. The zero-order valence-electron chi connectivity index (χ0n) is 7.30. The molecule has 1 atom stereocenters. The Balaban J connectivity index is 2.05. The second-order valence-corrected chi connectivity index (χ2v) is 5.59. The summed E-state index contributed by atoms with van der Waals surface area (Å²) in [7, 11) is 0. The van der Waals surface area contributed by atoms with Crippen molar-refractivity contribution in [3.05, 3.63) is 30.3 Å². The van der Waals surface area contributed by atoms with Gasteiger partial charge in [-0.15, -0.1) is 0 Å². The molecular formula is C10H8O3Se. The van der Waals surface area contributed by atoms with Crippen molar-refractivity contribution < 1.29 is 14.3 Å². The molecular weight excluding hydrogens is 247 g/mol. The summed E-state index contributed by atoms with van der Waals surface area (Å²) in [5.41, 5.74) is 0. The Kier molecular flexibility index (Phi) is 2.66. The van der Waals surface area contributed by atoms with Crippen LogP contribution in [0.2, 0.25) is 4.82 Å². The minimum absolute atomic E-state index is 0.00447. The van der Waals surface area contributed by atoms with Crippen LogP contribution in [0, 0.1) is 0 Å². The number of benzene rings is 1. The average Bonchev–Trinajstić information content (AvgIpc) is 2.47. The molecule has 2 rings (SSSR count). The molecule has 3 nitrogen and oxygen atoms in total. The molecule has 1 heterocycles. The fourth-order valence-corrected chi connectivity index (χ4v) is 3.32. The van der Waals surface area contributed by atoms with Crippen LogP contribution < -0.4 is 4.46 Å². The SMILES string of the molecule is O=C1CC([Se]c2ccccc2)C(=O)O1. The van der Waals surface area contributed by atoms with E-state index >= 15 is 0 Å². The van der Waals surface area contributed by atoms with E-state index < -0.39 is 5.97 Å². The molecule has 0 N–H and O–H groups in total. The van der Waals surface area contributed by atoms with Gasteiger partial charge in [0.2, 0.25) is 0 Å². The molecule has 0 bridgehead atoms. The van der Waals surface area contributed by atoms with Crippen molar-refractivity contribution >= 4 is 31.4 Å². The number of cyclic esters (lactones) is 2. The summed E-state index contributed by atoms with van der Waals surface area (Å²) in [4.78, 5) is 21.8. The Bertz CT molecular complexity index is 361. The first-order chi connectivity index (χ1) is 6.75. The summed E-state index contributed by atoms with van der Waals surface area (Å²) < 4.78 is 5.61. The molecule has 0 saturated carbocycles. The molecule has 0 amide bonds. The third kappa shape index (κ3) is 2.03. The monoisotopic (exact) mass is 256 g/mol. The molecule has 1 unspecified atom stereocenters. The summed E-state index contributed by atoms with van der Waals surface area (Å²) in [5.74, 6) is -0.753. The van der Waals surface area contributed by atoms with Crippen molar-refractivity contribution in [2.45, 2.75) is 11.2 Å². The van der Waals surface area contributed by atoms with Gasteiger partial charge in [0.1, 0.15) is 0 Å². The first kappa shape index (κ1) is 9.44. The van der Waals surface area contributed by atoms with Gasteiger partial charge < -0.3 is 0 Å². The van der Waals surface area contributed by atoms with E-state index in [2.05, 4.69) is 4.74 Å². The van der Waals surface area contributed by atoms with Gasteiger partial charge in [0, 0.05) is 0 Å². The van der Waals surface area contributed by atoms with Crippen molar-refractivity contribution in [3.63, 3.8) is 0 Å². The zero-order valence-corrected chi connectivity index (χ0v) is 9.02. The average molecular weight is 255 g/mol. The predicted molar refractivity (Wildman–Crippen MR) is 51.3 cm³/mol. The first-order valence-corrected chi connectivity index (χ1v) is 6.06. The Labute approximate surface area is 87.6 Å². The van der Waals surface area contributed by atoms with E-state index in [0.29, 0.717) is 0 Å². The Morgan fingerprint density at radius 3 is 2.50 bits per heavy atom. The number of hydrogen-bond acceptors (Lipinski definition) is 3. The molecule has 1 aromatic rings. The van der Waals surface area contributed by atoms with E-state index in [9.17, 15) is 9.59 Å². The number of esters is 2. The van der Waals surface area contributed by atoms with Crippen LogP contribution in [-0.4, -0.2) is 26.9 Å². The van der Waals surface area contributed by atoms with Gasteiger partial charge in [-0.3, -0.25) is 0 Å². The molecule has 1 aromatic carbocycles. The van der Waals surface area contributed by atoms with Crippen LogP contribution in [0.1, 0.15) is 6.42 Å². The van der Waals surface area contributed by atoms with Crippen LogP contribution in [0.5, 0.6) is 0 Å². The van der Waals surface area contributed by atoms with Crippen molar-refractivity contribution in [3.8, 4) is 0 Å². The van der Waals surface area contributed by atoms with E-state index in [1.807, 2.05) is 30.3 Å². The van der Waals surface area contributed by atoms with Crippen molar-refractivity contribution in [1.29, 1.82) is 0 Å². The van der Waals surface area contributed by atoms with Crippen molar-refractivity contribution in [2.75, 3.05) is 0 Å². The number of hydrogen-bond donors (Lipinski definition) is 0. The number of carbonyl (C=O) groups is 2. The van der Waals surface area contributed by atoms with E-state index in [1.165, 1.54) is 0 Å². The fraction of sp³-hybridized carbons (Fsp3) is 0.200. The third-order valence-electron chi connectivity index (χ3n) is 1.85. The molecule has 1 fully saturated rings. The molecule has 0 aromatic heterocycles. The van der Waals surface area contributed by atoms with Crippen molar-refractivity contribution in [1.82, 2.24) is 0 Å². The number of rotatable bonds is 2. The number of carbonyl (C=O) groups excluding carboxylic acids is 2. The Hall–Kier alpha value is -1.12. The minimum atomic E-state index is -0.391. The summed E-state index contributed by atoms with van der Waals surface area (Å²) in [6.07, 6.45) is 0.244. The number of ether oxygens (including phenoxy) is 1. The summed E-state index contributed by atoms with van der Waals surface area (Å²) in [5, 5.41) is 0. The van der Waals surface area contributed by atoms with Crippen LogP contribution in [0.15, 0.2) is 30.3 Å². The van der Waals surface area contributed by atoms with Gasteiger partial charge in [0.05, 0.1) is 0 Å². The molecule has 14 heavy (non-hydrogen) atoms. The maximum atomic E-state index is 11.2. The first-order valence-electron chi connectivity index (χ1n) is 4.22. The van der Waals surface area contributed by atoms with Gasteiger partial charge in [0.15, 0.2) is 0 Å². The van der Waals surface area contributed by atoms with Gasteiger partial charge in [-0.2, -0.15) is 0 Å². The van der Waals surface area contributed by atoms with Crippen LogP contribution in [-0.2, 0) is 14.3 Å². The van der Waals surface area contributed by atoms with E-state index in [-0.39, 0.29) is 32.2 Å². The molecule has 0 spiro atoms. The van der Waals surface area contributed by atoms with Crippen LogP contribution in [0.4, 0.5) is 0 Å². The quantitative estimate of drug-likeness (QED) is 0.433. The summed E-state index contributed by atoms with van der Waals surface area (Å²) in [6.45, 7) is 0. The van der Waals surface area contributed by atoms with Crippen molar-refractivity contribution in [2.24, 2.45) is 0 Å². The van der Waals surface area contributed by atoms with Gasteiger partial charge >= 0.3 is 87.3 Å². The second kappa shape index (κ2) is 3.94. The molecule has 4 heteroatoms. The van der Waals surface area contributed by atoms with E-state index in [0.717, 1.165) is 4.46 Å².